The van der Waals surface area contributed by atoms with Crippen molar-refractivity contribution < 1.29 is 8.42 Å². The highest BCUT2D eigenvalue weighted by Gasteiger charge is 2.37. The molecule has 1 N–H and O–H groups in total. The fourth-order valence-corrected chi connectivity index (χ4v) is 5.89. The second-order valence-corrected chi connectivity index (χ2v) is 9.40. The van der Waals surface area contributed by atoms with Gasteiger partial charge in [0.2, 0.25) is 0 Å². The minimum Gasteiger partial charge on any atom is -0.317 e. The lowest BCUT2D eigenvalue weighted by Gasteiger charge is -2.40. The number of hydrogen-bond donors (Lipinski definition) is 1. The molecule has 1 aromatic carbocycles. The molecule has 1 saturated heterocycles. The van der Waals surface area contributed by atoms with Gasteiger partial charge in [-0.05, 0) is 69.4 Å². The Morgan fingerprint density at radius 2 is 2.00 bits per heavy atom. The van der Waals surface area contributed by atoms with Crippen LogP contribution in [0, 0.1) is 5.92 Å². The number of sulfone groups is 1. The molecule has 4 nitrogen and oxygen atoms in total. The number of halogens is 1. The zero-order chi connectivity index (χ0) is 17.7. The molecule has 0 aromatic heterocycles. The van der Waals surface area contributed by atoms with Gasteiger partial charge in [-0.3, -0.25) is 4.90 Å². The maximum atomic E-state index is 12.6. The predicted molar refractivity (Wildman–Crippen MR) is 101 cm³/mol. The van der Waals surface area contributed by atoms with Gasteiger partial charge in [0.1, 0.15) is 5.37 Å². The van der Waals surface area contributed by atoms with Crippen LogP contribution in [0.4, 0.5) is 0 Å². The van der Waals surface area contributed by atoms with Crippen molar-refractivity contribution in [2.24, 2.45) is 5.92 Å². The Morgan fingerprint density at radius 3 is 2.54 bits per heavy atom. The first kappa shape index (κ1) is 19.7. The first-order valence-electron chi connectivity index (χ1n) is 8.72. The van der Waals surface area contributed by atoms with Crippen LogP contribution in [0.2, 0.25) is 5.02 Å². The summed E-state index contributed by atoms with van der Waals surface area (Å²) in [5.74, 6) is 0.197. The molecule has 0 aliphatic carbocycles. The molecule has 0 amide bonds. The highest BCUT2D eigenvalue weighted by Crippen LogP contribution is 2.27. The SMILES string of the molecule is CCN(C(C)Cc1cccc(Cl)c1)C(C1CCNCC1)S(C)(=O)=O. The average molecular weight is 373 g/mol. The van der Waals surface area contributed by atoms with Crippen LogP contribution in [-0.4, -0.2) is 50.6 Å². The van der Waals surface area contributed by atoms with Gasteiger partial charge in [-0.25, -0.2) is 8.42 Å². The van der Waals surface area contributed by atoms with E-state index in [4.69, 9.17) is 11.6 Å². The third-order valence-corrected chi connectivity index (χ3v) is 6.67. The summed E-state index contributed by atoms with van der Waals surface area (Å²) in [4.78, 5) is 2.16. The molecule has 0 spiro atoms. The Kier molecular flexibility index (Phi) is 7.10. The van der Waals surface area contributed by atoms with E-state index in [-0.39, 0.29) is 12.0 Å². The van der Waals surface area contributed by atoms with Gasteiger partial charge in [-0.1, -0.05) is 30.7 Å². The summed E-state index contributed by atoms with van der Waals surface area (Å²) < 4.78 is 25.1. The van der Waals surface area contributed by atoms with E-state index in [0.29, 0.717) is 0 Å². The molecular weight excluding hydrogens is 344 g/mol. The van der Waals surface area contributed by atoms with Crippen LogP contribution in [0.1, 0.15) is 32.3 Å². The lowest BCUT2D eigenvalue weighted by molar-refractivity contribution is 0.138. The van der Waals surface area contributed by atoms with E-state index in [1.165, 1.54) is 6.26 Å². The number of likely N-dealkylation sites (N-methyl/N-ethyl adjacent to an activating group) is 1. The number of hydrogen-bond acceptors (Lipinski definition) is 4. The second kappa shape index (κ2) is 8.65. The fourth-order valence-electron chi connectivity index (χ4n) is 3.86. The fraction of sp³-hybridized carbons (Fsp3) is 0.667. The van der Waals surface area contributed by atoms with E-state index in [1.807, 2.05) is 25.1 Å². The van der Waals surface area contributed by atoms with Gasteiger partial charge in [-0.2, -0.15) is 0 Å². The van der Waals surface area contributed by atoms with E-state index < -0.39 is 15.2 Å². The summed E-state index contributed by atoms with van der Waals surface area (Å²) in [5.41, 5.74) is 1.14. The Labute approximate surface area is 151 Å². The number of rotatable bonds is 7. The van der Waals surface area contributed by atoms with Gasteiger partial charge >= 0.3 is 0 Å². The van der Waals surface area contributed by atoms with Gasteiger partial charge in [0, 0.05) is 17.3 Å². The van der Waals surface area contributed by atoms with Crippen molar-refractivity contribution in [1.82, 2.24) is 10.2 Å². The normalized spacial score (nSPS) is 19.4. The molecule has 6 heteroatoms. The van der Waals surface area contributed by atoms with Crippen molar-refractivity contribution in [1.29, 1.82) is 0 Å². The zero-order valence-corrected chi connectivity index (χ0v) is 16.4. The Balaban J connectivity index is 2.21. The molecule has 1 aliphatic rings. The summed E-state index contributed by atoms with van der Waals surface area (Å²) in [7, 11) is -3.15. The third kappa shape index (κ3) is 5.19. The summed E-state index contributed by atoms with van der Waals surface area (Å²) in [6.45, 7) is 6.69. The highest BCUT2D eigenvalue weighted by molar-refractivity contribution is 7.91. The first-order chi connectivity index (χ1) is 11.3. The topological polar surface area (TPSA) is 49.4 Å². The minimum absolute atomic E-state index is 0.142. The van der Waals surface area contributed by atoms with Crippen molar-refractivity contribution in [2.45, 2.75) is 44.5 Å². The molecule has 0 radical (unpaired) electrons. The Hall–Kier alpha value is -0.620. The van der Waals surface area contributed by atoms with Crippen molar-refractivity contribution >= 4 is 21.4 Å². The third-order valence-electron chi connectivity index (χ3n) is 4.90. The second-order valence-electron chi connectivity index (χ2n) is 6.82. The maximum absolute atomic E-state index is 12.6. The molecular formula is C18H29ClN2O2S. The molecule has 0 saturated carbocycles. The number of benzene rings is 1. The first-order valence-corrected chi connectivity index (χ1v) is 11.1. The molecule has 2 unspecified atom stereocenters. The molecule has 1 heterocycles. The summed E-state index contributed by atoms with van der Waals surface area (Å²) in [6.07, 6.45) is 4.01. The predicted octanol–water partition coefficient (Wildman–Crippen LogP) is 2.96. The smallest absolute Gasteiger partial charge is 0.163 e. The number of nitrogens with one attached hydrogen (secondary N) is 1. The monoisotopic (exact) mass is 372 g/mol. The molecule has 2 rings (SSSR count). The van der Waals surface area contributed by atoms with E-state index >= 15 is 0 Å². The lowest BCUT2D eigenvalue weighted by atomic mass is 9.95. The molecule has 0 bridgehead atoms. The molecule has 2 atom stereocenters. The van der Waals surface area contributed by atoms with Crippen molar-refractivity contribution in [3.05, 3.63) is 34.9 Å². The van der Waals surface area contributed by atoms with Crippen LogP contribution < -0.4 is 5.32 Å². The van der Waals surface area contributed by atoms with Crippen LogP contribution in [-0.2, 0) is 16.3 Å². The van der Waals surface area contributed by atoms with E-state index in [0.717, 1.165) is 49.5 Å². The van der Waals surface area contributed by atoms with E-state index in [1.54, 1.807) is 0 Å². The van der Waals surface area contributed by atoms with Crippen molar-refractivity contribution in [2.75, 3.05) is 25.9 Å². The van der Waals surface area contributed by atoms with Crippen LogP contribution in [0.3, 0.4) is 0 Å². The quantitative estimate of drug-likeness (QED) is 0.799. The molecule has 1 aliphatic heterocycles. The molecule has 136 valence electrons. The highest BCUT2D eigenvalue weighted by atomic mass is 35.5. The van der Waals surface area contributed by atoms with Gasteiger partial charge in [0.05, 0.1) is 0 Å². The standard InChI is InChI=1S/C18H29ClN2O2S/c1-4-21(14(2)12-15-6-5-7-17(19)13-15)18(24(3,22)23)16-8-10-20-11-9-16/h5-7,13-14,16,18,20H,4,8-12H2,1-3H3. The number of nitrogens with zero attached hydrogens (tertiary/aromatic N) is 1. The van der Waals surface area contributed by atoms with Crippen LogP contribution in [0.5, 0.6) is 0 Å². The molecule has 1 aromatic rings. The summed E-state index contributed by atoms with van der Waals surface area (Å²) >= 11 is 6.08. The van der Waals surface area contributed by atoms with Crippen LogP contribution in [0.25, 0.3) is 0 Å². The molecule has 24 heavy (non-hydrogen) atoms. The van der Waals surface area contributed by atoms with Crippen molar-refractivity contribution in [3.63, 3.8) is 0 Å². The zero-order valence-electron chi connectivity index (χ0n) is 14.8. The maximum Gasteiger partial charge on any atom is 0.163 e. The number of piperidine rings is 1. The van der Waals surface area contributed by atoms with E-state index in [9.17, 15) is 8.42 Å². The van der Waals surface area contributed by atoms with Crippen LogP contribution >= 0.6 is 11.6 Å². The van der Waals surface area contributed by atoms with Gasteiger partial charge in [-0.15, -0.1) is 0 Å². The molecule has 1 fully saturated rings. The Morgan fingerprint density at radius 1 is 1.33 bits per heavy atom. The average Bonchev–Trinajstić information content (AvgIpc) is 2.52. The van der Waals surface area contributed by atoms with E-state index in [2.05, 4.69) is 23.2 Å². The van der Waals surface area contributed by atoms with Gasteiger partial charge in [0.25, 0.3) is 0 Å². The van der Waals surface area contributed by atoms with Crippen molar-refractivity contribution in [3.8, 4) is 0 Å². The van der Waals surface area contributed by atoms with Gasteiger partial charge < -0.3 is 5.32 Å². The summed E-state index contributed by atoms with van der Waals surface area (Å²) in [5, 5.41) is 3.64. The largest absolute Gasteiger partial charge is 0.317 e. The summed E-state index contributed by atoms with van der Waals surface area (Å²) in [6, 6.07) is 7.97. The lowest BCUT2D eigenvalue weighted by Crippen LogP contribution is -2.52. The minimum atomic E-state index is -3.15. The Bertz CT molecular complexity index is 630. The van der Waals surface area contributed by atoms with Gasteiger partial charge in [0.15, 0.2) is 9.84 Å². The van der Waals surface area contributed by atoms with Crippen LogP contribution in [0.15, 0.2) is 24.3 Å².